The molecule has 8 nitrogen and oxygen atoms in total. The largest absolute Gasteiger partial charge is 0.386 e. The number of carbonyl (C=O) groups excluding carboxylic acids is 2. The number of nitrogens with two attached hydrogens (primary N) is 1. The summed E-state index contributed by atoms with van der Waals surface area (Å²) in [6, 6.07) is 6.73. The lowest BCUT2D eigenvalue weighted by Crippen LogP contribution is -2.16. The quantitative estimate of drug-likeness (QED) is 0.273. The first-order valence-electron chi connectivity index (χ1n) is 11.8. The highest BCUT2D eigenvalue weighted by Gasteiger charge is 2.25. The van der Waals surface area contributed by atoms with Crippen molar-refractivity contribution in [3.8, 4) is 10.4 Å². The van der Waals surface area contributed by atoms with Crippen LogP contribution in [0.4, 0.5) is 19.6 Å². The zero-order valence-corrected chi connectivity index (χ0v) is 21.0. The number of amides is 1. The minimum absolute atomic E-state index is 0.0247. The van der Waals surface area contributed by atoms with E-state index in [9.17, 15) is 23.5 Å². The van der Waals surface area contributed by atoms with Gasteiger partial charge in [-0.25, -0.2) is 18.3 Å². The number of halogens is 2. The molecule has 1 aliphatic carbocycles. The third-order valence-corrected chi connectivity index (χ3v) is 7.61. The molecule has 0 aliphatic heterocycles. The number of hydrogen-bond acceptors (Lipinski definition) is 7. The molecule has 4 N–H and O–H groups in total. The fourth-order valence-corrected chi connectivity index (χ4v) is 5.33. The number of imidazole rings is 1. The molecule has 1 saturated carbocycles. The number of rotatable bonds is 8. The van der Waals surface area contributed by atoms with Crippen molar-refractivity contribution in [3.63, 3.8) is 0 Å². The Bertz CT molecular complexity index is 1510. The maximum Gasteiger partial charge on any atom is 0.251 e. The Kier molecular flexibility index (Phi) is 6.28. The van der Waals surface area contributed by atoms with Gasteiger partial charge in [-0.05, 0) is 55.7 Å². The summed E-state index contributed by atoms with van der Waals surface area (Å²) < 4.78 is 31.3. The highest BCUT2D eigenvalue weighted by molar-refractivity contribution is 7.20. The van der Waals surface area contributed by atoms with Crippen LogP contribution in [-0.2, 0) is 5.60 Å². The van der Waals surface area contributed by atoms with E-state index in [4.69, 9.17) is 5.73 Å². The monoisotopic (exact) mass is 525 g/mol. The molecular formula is C26H25F2N5O3S. The molecule has 0 unspecified atom stereocenters. The number of thiophene rings is 1. The zero-order valence-electron chi connectivity index (χ0n) is 20.2. The normalized spacial score (nSPS) is 14.1. The number of benzene rings is 1. The van der Waals surface area contributed by atoms with E-state index >= 15 is 0 Å². The van der Waals surface area contributed by atoms with Crippen LogP contribution in [0.3, 0.4) is 0 Å². The summed E-state index contributed by atoms with van der Waals surface area (Å²) in [6.45, 7) is 2.85. The molecule has 0 saturated heterocycles. The van der Waals surface area contributed by atoms with Crippen LogP contribution < -0.4 is 11.1 Å². The Hall–Kier alpha value is -3.70. The Labute approximate surface area is 215 Å². The average Bonchev–Trinajstić information content (AvgIpc) is 3.39. The lowest BCUT2D eigenvalue weighted by Gasteiger charge is -2.23. The number of primary amides is 1. The van der Waals surface area contributed by atoms with Gasteiger partial charge in [0, 0.05) is 11.3 Å². The number of anilines is 2. The third-order valence-electron chi connectivity index (χ3n) is 6.54. The number of nitrogens with zero attached hydrogens (tertiary/aromatic N) is 3. The average molecular weight is 526 g/mol. The fraction of sp³-hybridized carbons (Fsp3) is 0.308. The first kappa shape index (κ1) is 25.0. The van der Waals surface area contributed by atoms with E-state index in [0.29, 0.717) is 29.5 Å². The highest BCUT2D eigenvalue weighted by atomic mass is 32.1. The van der Waals surface area contributed by atoms with Crippen molar-refractivity contribution >= 4 is 39.5 Å². The maximum atomic E-state index is 14.9. The lowest BCUT2D eigenvalue weighted by atomic mass is 9.81. The van der Waals surface area contributed by atoms with Crippen LogP contribution in [-0.4, -0.2) is 31.4 Å². The van der Waals surface area contributed by atoms with Gasteiger partial charge < -0.3 is 16.2 Å². The Balaban J connectivity index is 1.45. The van der Waals surface area contributed by atoms with E-state index in [-0.39, 0.29) is 32.4 Å². The van der Waals surface area contributed by atoms with E-state index in [2.05, 4.69) is 15.4 Å². The van der Waals surface area contributed by atoms with E-state index in [0.717, 1.165) is 42.7 Å². The van der Waals surface area contributed by atoms with Crippen molar-refractivity contribution in [3.05, 3.63) is 65.0 Å². The number of hydrogen-bond donors (Lipinski definition) is 3. The second kappa shape index (κ2) is 9.31. The maximum absolute atomic E-state index is 14.9. The van der Waals surface area contributed by atoms with Crippen molar-refractivity contribution in [2.45, 2.75) is 45.1 Å². The first-order valence-corrected chi connectivity index (χ1v) is 12.6. The van der Waals surface area contributed by atoms with E-state index in [1.165, 1.54) is 24.4 Å². The smallest absolute Gasteiger partial charge is 0.251 e. The predicted molar refractivity (Wildman–Crippen MR) is 136 cm³/mol. The summed E-state index contributed by atoms with van der Waals surface area (Å²) in [5.74, 6) is -1.83. The molecule has 11 heteroatoms. The molecule has 0 spiro atoms. The van der Waals surface area contributed by atoms with Gasteiger partial charge in [-0.3, -0.25) is 9.59 Å². The van der Waals surface area contributed by atoms with Crippen LogP contribution in [0, 0.1) is 17.6 Å². The van der Waals surface area contributed by atoms with Crippen molar-refractivity contribution in [1.29, 1.82) is 0 Å². The number of Topliss-reactive ketones (excluding diaryl/α,β-unsaturated/α-hetero) is 1. The van der Waals surface area contributed by atoms with Crippen LogP contribution >= 0.6 is 11.3 Å². The number of ketones is 1. The number of fused-ring (bicyclic) bond motifs is 1. The standard InChI is InChI=1S/C26H25F2N5O3S/c1-26(2,36)14-9-16(27)23(17(28)10-14)20-11-15(24(29)35)25(37-20)31-21-6-7-22-30-18(12-33(22)32-21)19(34)8-13-4-3-5-13/h6-7,9-13,36H,3-5,8H2,1-2H3,(H2,29,35)(H,31,32). The molecule has 0 atom stereocenters. The van der Waals surface area contributed by atoms with Gasteiger partial charge in [0.15, 0.2) is 17.2 Å². The minimum Gasteiger partial charge on any atom is -0.386 e. The molecule has 4 aromatic rings. The predicted octanol–water partition coefficient (Wildman–Crippen LogP) is 5.18. The SMILES string of the molecule is CC(C)(O)c1cc(F)c(-c2cc(C(N)=O)c(Nc3ccc4nc(C(=O)CC5CCC5)cn4n3)s2)c(F)c1. The van der Waals surface area contributed by atoms with Gasteiger partial charge in [0.2, 0.25) is 0 Å². The topological polar surface area (TPSA) is 123 Å². The molecule has 192 valence electrons. The second-order valence-corrected chi connectivity index (χ2v) is 10.8. The minimum atomic E-state index is -1.43. The molecule has 5 rings (SSSR count). The third kappa shape index (κ3) is 4.96. The molecule has 1 fully saturated rings. The van der Waals surface area contributed by atoms with Crippen molar-refractivity contribution in [2.75, 3.05) is 5.32 Å². The summed E-state index contributed by atoms with van der Waals surface area (Å²) in [6.07, 6.45) is 5.31. The summed E-state index contributed by atoms with van der Waals surface area (Å²) in [5, 5.41) is 17.8. The van der Waals surface area contributed by atoms with Crippen LogP contribution in [0.2, 0.25) is 0 Å². The Morgan fingerprint density at radius 3 is 2.51 bits per heavy atom. The second-order valence-electron chi connectivity index (χ2n) is 9.79. The summed E-state index contributed by atoms with van der Waals surface area (Å²) in [7, 11) is 0. The highest BCUT2D eigenvalue weighted by Crippen LogP contribution is 2.40. The number of nitrogens with one attached hydrogen (secondary N) is 1. The van der Waals surface area contributed by atoms with Gasteiger partial charge in [0.25, 0.3) is 5.91 Å². The van der Waals surface area contributed by atoms with Crippen molar-refractivity contribution in [2.24, 2.45) is 11.7 Å². The zero-order chi connectivity index (χ0) is 26.5. The molecule has 0 radical (unpaired) electrons. The summed E-state index contributed by atoms with van der Waals surface area (Å²) in [4.78, 5) is 29.1. The van der Waals surface area contributed by atoms with E-state index in [1.807, 2.05) is 0 Å². The molecule has 1 aromatic carbocycles. The van der Waals surface area contributed by atoms with Crippen LogP contribution in [0.15, 0.2) is 36.5 Å². The van der Waals surface area contributed by atoms with Gasteiger partial charge in [-0.15, -0.1) is 16.4 Å². The lowest BCUT2D eigenvalue weighted by molar-refractivity contribution is 0.0778. The molecule has 1 amide bonds. The number of aromatic nitrogens is 3. The molecule has 37 heavy (non-hydrogen) atoms. The molecular weight excluding hydrogens is 500 g/mol. The van der Waals surface area contributed by atoms with Crippen molar-refractivity contribution < 1.29 is 23.5 Å². The summed E-state index contributed by atoms with van der Waals surface area (Å²) >= 11 is 0.935. The molecule has 1 aliphatic rings. The van der Waals surface area contributed by atoms with Gasteiger partial charge in [-0.2, -0.15) is 0 Å². The number of carbonyl (C=O) groups is 2. The van der Waals surface area contributed by atoms with Crippen LogP contribution in [0.1, 0.15) is 65.9 Å². The Morgan fingerprint density at radius 2 is 1.92 bits per heavy atom. The van der Waals surface area contributed by atoms with Gasteiger partial charge >= 0.3 is 0 Å². The Morgan fingerprint density at radius 1 is 1.22 bits per heavy atom. The first-order chi connectivity index (χ1) is 17.5. The van der Waals surface area contributed by atoms with Gasteiger partial charge in [-0.1, -0.05) is 19.3 Å². The molecule has 3 heterocycles. The number of aliphatic hydroxyl groups is 1. The molecule has 3 aromatic heterocycles. The molecule has 0 bridgehead atoms. The van der Waals surface area contributed by atoms with Crippen LogP contribution in [0.25, 0.3) is 16.1 Å². The van der Waals surface area contributed by atoms with E-state index < -0.39 is 23.1 Å². The van der Waals surface area contributed by atoms with E-state index in [1.54, 1.807) is 18.3 Å². The van der Waals surface area contributed by atoms with Crippen molar-refractivity contribution in [1.82, 2.24) is 14.6 Å². The summed E-state index contributed by atoms with van der Waals surface area (Å²) in [5.41, 5.74) is 4.72. The van der Waals surface area contributed by atoms with Crippen LogP contribution in [0.5, 0.6) is 0 Å². The van der Waals surface area contributed by atoms with Gasteiger partial charge in [0.1, 0.15) is 22.3 Å². The fourth-order valence-electron chi connectivity index (χ4n) is 4.21. The van der Waals surface area contributed by atoms with Gasteiger partial charge in [0.05, 0.1) is 22.9 Å².